The molecular weight excluding hydrogens is 170 g/mol. The fourth-order valence-corrected chi connectivity index (χ4v) is 3.21. The molecule has 2 aliphatic carbocycles. The molecule has 0 saturated heterocycles. The molecule has 0 radical (unpaired) electrons. The van der Waals surface area contributed by atoms with Crippen molar-refractivity contribution in [2.75, 3.05) is 0 Å². The van der Waals surface area contributed by atoms with Crippen molar-refractivity contribution in [1.82, 2.24) is 4.98 Å². The number of H-pyrrole nitrogens is 1. The molecule has 0 saturated carbocycles. The number of nitrogens with one attached hydrogen (secondary N) is 1. The molecule has 0 amide bonds. The summed E-state index contributed by atoms with van der Waals surface area (Å²) >= 11 is 0. The Bertz CT molecular complexity index is 348. The van der Waals surface area contributed by atoms with E-state index in [0.717, 1.165) is 5.92 Å². The van der Waals surface area contributed by atoms with Gasteiger partial charge in [-0.3, -0.25) is 0 Å². The van der Waals surface area contributed by atoms with Gasteiger partial charge in [0.1, 0.15) is 0 Å². The third-order valence-electron chi connectivity index (χ3n) is 4.00. The summed E-state index contributed by atoms with van der Waals surface area (Å²) in [6.07, 6.45) is 9.56. The van der Waals surface area contributed by atoms with E-state index in [1.165, 1.54) is 44.9 Å². The van der Waals surface area contributed by atoms with E-state index in [9.17, 15) is 0 Å². The predicted octanol–water partition coefficient (Wildman–Crippen LogP) is 3.33. The average Bonchev–Trinajstić information content (AvgIpc) is 2.59. The summed E-state index contributed by atoms with van der Waals surface area (Å²) in [6.45, 7) is 2.37. The fraction of sp³-hybridized carbons (Fsp3) is 0.692. The third kappa shape index (κ3) is 1.14. The molecule has 0 aliphatic heterocycles. The highest BCUT2D eigenvalue weighted by Crippen LogP contribution is 2.36. The van der Waals surface area contributed by atoms with Crippen molar-refractivity contribution < 1.29 is 0 Å². The van der Waals surface area contributed by atoms with Crippen LogP contribution in [0.4, 0.5) is 0 Å². The van der Waals surface area contributed by atoms with Gasteiger partial charge in [0.2, 0.25) is 0 Å². The molecule has 76 valence electrons. The Balaban J connectivity index is 2.10. The molecule has 1 N–H and O–H groups in total. The van der Waals surface area contributed by atoms with Crippen molar-refractivity contribution in [2.24, 2.45) is 0 Å². The summed E-state index contributed by atoms with van der Waals surface area (Å²) in [5.74, 6) is 0.782. The van der Waals surface area contributed by atoms with Gasteiger partial charge in [-0.2, -0.15) is 0 Å². The molecule has 1 aromatic rings. The van der Waals surface area contributed by atoms with E-state index in [1.807, 2.05) is 0 Å². The molecule has 14 heavy (non-hydrogen) atoms. The zero-order valence-corrected chi connectivity index (χ0v) is 9.03. The second-order valence-electron chi connectivity index (χ2n) is 4.97. The van der Waals surface area contributed by atoms with Crippen molar-refractivity contribution in [2.45, 2.75) is 57.8 Å². The Kier molecular flexibility index (Phi) is 1.93. The Morgan fingerprint density at radius 1 is 1.00 bits per heavy atom. The second-order valence-corrected chi connectivity index (χ2v) is 4.97. The van der Waals surface area contributed by atoms with Crippen molar-refractivity contribution in [3.8, 4) is 0 Å². The van der Waals surface area contributed by atoms with Crippen LogP contribution in [0.1, 0.15) is 61.0 Å². The first-order valence-corrected chi connectivity index (χ1v) is 6.08. The first-order chi connectivity index (χ1) is 6.86. The summed E-state index contributed by atoms with van der Waals surface area (Å²) in [5.41, 5.74) is 6.58. The van der Waals surface area contributed by atoms with Crippen molar-refractivity contribution >= 4 is 0 Å². The van der Waals surface area contributed by atoms with Crippen LogP contribution in [-0.2, 0) is 19.3 Å². The van der Waals surface area contributed by atoms with Gasteiger partial charge in [0.05, 0.1) is 0 Å². The molecule has 0 spiro atoms. The third-order valence-corrected chi connectivity index (χ3v) is 4.00. The molecule has 0 aromatic carbocycles. The molecule has 3 rings (SSSR count). The smallest absolute Gasteiger partial charge is 0.0213 e. The highest BCUT2D eigenvalue weighted by molar-refractivity contribution is 5.41. The lowest BCUT2D eigenvalue weighted by molar-refractivity contribution is 0.578. The van der Waals surface area contributed by atoms with Gasteiger partial charge in [-0.1, -0.05) is 6.92 Å². The van der Waals surface area contributed by atoms with Crippen molar-refractivity contribution in [3.05, 3.63) is 22.5 Å². The van der Waals surface area contributed by atoms with E-state index in [2.05, 4.69) is 11.9 Å². The van der Waals surface area contributed by atoms with Crippen molar-refractivity contribution in [1.29, 1.82) is 0 Å². The average molecular weight is 189 g/mol. The van der Waals surface area contributed by atoms with E-state index >= 15 is 0 Å². The summed E-state index contributed by atoms with van der Waals surface area (Å²) in [7, 11) is 0. The Labute approximate surface area is 85.9 Å². The maximum absolute atomic E-state index is 3.70. The monoisotopic (exact) mass is 189 g/mol. The first kappa shape index (κ1) is 8.58. The van der Waals surface area contributed by atoms with E-state index in [4.69, 9.17) is 0 Å². The number of hydrogen-bond donors (Lipinski definition) is 1. The zero-order valence-electron chi connectivity index (χ0n) is 9.03. The number of rotatable bonds is 0. The molecule has 0 bridgehead atoms. The molecule has 1 unspecified atom stereocenters. The SMILES string of the molecule is CC1CCCc2c1[nH]c1c2CCCC1. The molecule has 1 heteroatoms. The van der Waals surface area contributed by atoms with Gasteiger partial charge >= 0.3 is 0 Å². The Morgan fingerprint density at radius 3 is 2.71 bits per heavy atom. The van der Waals surface area contributed by atoms with Gasteiger partial charge in [-0.25, -0.2) is 0 Å². The summed E-state index contributed by atoms with van der Waals surface area (Å²) in [4.78, 5) is 3.70. The van der Waals surface area contributed by atoms with E-state index in [0.29, 0.717) is 0 Å². The van der Waals surface area contributed by atoms with Crippen LogP contribution in [0.25, 0.3) is 0 Å². The maximum atomic E-state index is 3.70. The maximum Gasteiger partial charge on any atom is 0.0213 e. The molecule has 1 nitrogen and oxygen atoms in total. The Morgan fingerprint density at radius 2 is 1.79 bits per heavy atom. The van der Waals surface area contributed by atoms with E-state index in [-0.39, 0.29) is 0 Å². The van der Waals surface area contributed by atoms with Crippen molar-refractivity contribution in [3.63, 3.8) is 0 Å². The molecule has 0 fully saturated rings. The van der Waals surface area contributed by atoms with Crippen LogP contribution in [0.15, 0.2) is 0 Å². The number of fused-ring (bicyclic) bond motifs is 3. The number of aromatic amines is 1. The standard InChI is InChI=1S/C13H19N/c1-9-5-4-7-11-10-6-2-3-8-12(10)14-13(9)11/h9,14H,2-8H2,1H3. The van der Waals surface area contributed by atoms with Crippen LogP contribution in [0.2, 0.25) is 0 Å². The highest BCUT2D eigenvalue weighted by atomic mass is 14.8. The van der Waals surface area contributed by atoms with Gasteiger partial charge in [0.25, 0.3) is 0 Å². The zero-order chi connectivity index (χ0) is 9.54. The lowest BCUT2D eigenvalue weighted by Gasteiger charge is -2.19. The second kappa shape index (κ2) is 3.15. The largest absolute Gasteiger partial charge is 0.362 e. The summed E-state index contributed by atoms with van der Waals surface area (Å²) < 4.78 is 0. The van der Waals surface area contributed by atoms with Crippen LogP contribution in [0.5, 0.6) is 0 Å². The molecule has 1 heterocycles. The van der Waals surface area contributed by atoms with Crippen LogP contribution < -0.4 is 0 Å². The van der Waals surface area contributed by atoms with Crippen LogP contribution in [-0.4, -0.2) is 4.98 Å². The van der Waals surface area contributed by atoms with E-state index < -0.39 is 0 Å². The minimum Gasteiger partial charge on any atom is -0.362 e. The molecule has 2 aliphatic rings. The number of aryl methyl sites for hydroxylation is 1. The van der Waals surface area contributed by atoms with Gasteiger partial charge in [0, 0.05) is 11.4 Å². The van der Waals surface area contributed by atoms with Crippen LogP contribution in [0.3, 0.4) is 0 Å². The summed E-state index contributed by atoms with van der Waals surface area (Å²) in [6, 6.07) is 0. The quantitative estimate of drug-likeness (QED) is 0.644. The predicted molar refractivity (Wildman–Crippen MR) is 58.8 cm³/mol. The van der Waals surface area contributed by atoms with Gasteiger partial charge in [-0.05, 0) is 62.0 Å². The van der Waals surface area contributed by atoms with Gasteiger partial charge in [-0.15, -0.1) is 0 Å². The van der Waals surface area contributed by atoms with E-state index in [1.54, 1.807) is 22.5 Å². The lowest BCUT2D eigenvalue weighted by Crippen LogP contribution is -2.07. The number of hydrogen-bond acceptors (Lipinski definition) is 0. The topological polar surface area (TPSA) is 15.8 Å². The lowest BCUT2D eigenvalue weighted by atomic mass is 9.85. The molecular formula is C13H19N. The van der Waals surface area contributed by atoms with Gasteiger partial charge < -0.3 is 4.98 Å². The fourth-order valence-electron chi connectivity index (χ4n) is 3.21. The first-order valence-electron chi connectivity index (χ1n) is 6.08. The summed E-state index contributed by atoms with van der Waals surface area (Å²) in [5, 5.41) is 0. The number of aromatic nitrogens is 1. The molecule has 1 aromatic heterocycles. The molecule has 1 atom stereocenters. The minimum atomic E-state index is 0.782. The minimum absolute atomic E-state index is 0.782. The Hall–Kier alpha value is -0.720. The van der Waals surface area contributed by atoms with Crippen LogP contribution >= 0.6 is 0 Å². The van der Waals surface area contributed by atoms with Crippen LogP contribution in [0, 0.1) is 0 Å². The van der Waals surface area contributed by atoms with Gasteiger partial charge in [0.15, 0.2) is 0 Å². The normalized spacial score (nSPS) is 25.6. The highest BCUT2D eigenvalue weighted by Gasteiger charge is 2.25.